The van der Waals surface area contributed by atoms with Crippen LogP contribution in [0.5, 0.6) is 0 Å². The molecule has 82 valence electrons. The predicted octanol–water partition coefficient (Wildman–Crippen LogP) is 3.09. The van der Waals surface area contributed by atoms with Gasteiger partial charge in [-0.25, -0.2) is 9.78 Å². The maximum Gasteiger partial charge on any atom is 0.356 e. The van der Waals surface area contributed by atoms with Crippen LogP contribution in [-0.2, 0) is 4.74 Å². The Morgan fingerprint density at radius 1 is 1.38 bits per heavy atom. The molecule has 3 nitrogen and oxygen atoms in total. The summed E-state index contributed by atoms with van der Waals surface area (Å²) in [6, 6.07) is 7.52. The van der Waals surface area contributed by atoms with E-state index >= 15 is 0 Å². The van der Waals surface area contributed by atoms with Crippen molar-refractivity contribution in [1.29, 1.82) is 0 Å². The number of aromatic nitrogens is 1. The molecule has 0 N–H and O–H groups in total. The number of methoxy groups -OCH3 is 1. The van der Waals surface area contributed by atoms with Crippen molar-refractivity contribution < 1.29 is 9.53 Å². The average Bonchev–Trinajstić information content (AvgIpc) is 2.27. The maximum absolute atomic E-state index is 11.3. The molecule has 0 amide bonds. The Morgan fingerprint density at radius 2 is 2.12 bits per heavy atom. The van der Waals surface area contributed by atoms with Gasteiger partial charge in [0.25, 0.3) is 0 Å². The second kappa shape index (κ2) is 4.22. The molecule has 16 heavy (non-hydrogen) atoms. The molecule has 0 unspecified atom stereocenters. The van der Waals surface area contributed by atoms with Gasteiger partial charge in [-0.3, -0.25) is 0 Å². The van der Waals surface area contributed by atoms with E-state index in [9.17, 15) is 4.79 Å². The van der Waals surface area contributed by atoms with Crippen molar-refractivity contribution in [2.24, 2.45) is 0 Å². The minimum atomic E-state index is -0.422. The van der Waals surface area contributed by atoms with Crippen molar-refractivity contribution in [2.45, 2.75) is 6.92 Å². The van der Waals surface area contributed by atoms with Crippen molar-refractivity contribution in [3.63, 3.8) is 0 Å². The first-order valence-electron chi connectivity index (χ1n) is 4.77. The quantitative estimate of drug-likeness (QED) is 0.753. The van der Waals surface area contributed by atoms with Gasteiger partial charge in [0.15, 0.2) is 0 Å². The fourth-order valence-electron chi connectivity index (χ4n) is 1.55. The highest BCUT2D eigenvalue weighted by atomic mass is 79.9. The number of hydrogen-bond donors (Lipinski definition) is 0. The highest BCUT2D eigenvalue weighted by molar-refractivity contribution is 9.10. The summed E-state index contributed by atoms with van der Waals surface area (Å²) in [6.45, 7) is 2.01. The summed E-state index contributed by atoms with van der Waals surface area (Å²) >= 11 is 3.44. The van der Waals surface area contributed by atoms with Gasteiger partial charge in [-0.05, 0) is 46.6 Å². The number of nitrogens with zero attached hydrogens (tertiary/aromatic N) is 1. The van der Waals surface area contributed by atoms with Gasteiger partial charge >= 0.3 is 5.97 Å². The first-order chi connectivity index (χ1) is 7.61. The molecule has 0 bridgehead atoms. The van der Waals surface area contributed by atoms with Crippen LogP contribution in [0.25, 0.3) is 10.9 Å². The molecule has 0 atom stereocenters. The van der Waals surface area contributed by atoms with Crippen LogP contribution < -0.4 is 0 Å². The van der Waals surface area contributed by atoms with Crippen LogP contribution in [0.4, 0.5) is 0 Å². The number of benzene rings is 1. The van der Waals surface area contributed by atoms with E-state index in [2.05, 4.69) is 25.7 Å². The van der Waals surface area contributed by atoms with E-state index in [4.69, 9.17) is 0 Å². The van der Waals surface area contributed by atoms with E-state index in [1.807, 2.05) is 25.1 Å². The molecule has 0 spiro atoms. The number of carbonyl (C=O) groups excluding carboxylic acids is 1. The molecule has 0 saturated heterocycles. The summed E-state index contributed by atoms with van der Waals surface area (Å²) in [7, 11) is 1.35. The number of aryl methyl sites for hydroxylation is 1. The zero-order chi connectivity index (χ0) is 11.7. The number of pyridine rings is 1. The van der Waals surface area contributed by atoms with E-state index in [0.717, 1.165) is 20.9 Å². The highest BCUT2D eigenvalue weighted by Gasteiger charge is 2.09. The number of hydrogen-bond acceptors (Lipinski definition) is 3. The Labute approximate surface area is 102 Å². The van der Waals surface area contributed by atoms with Crippen LogP contribution in [0.3, 0.4) is 0 Å². The van der Waals surface area contributed by atoms with Crippen LogP contribution in [-0.4, -0.2) is 18.1 Å². The molecule has 0 aliphatic rings. The topological polar surface area (TPSA) is 39.2 Å². The van der Waals surface area contributed by atoms with Gasteiger partial charge in [0.05, 0.1) is 12.6 Å². The monoisotopic (exact) mass is 279 g/mol. The molecular formula is C12H10BrNO2. The Balaban J connectivity index is 2.66. The van der Waals surface area contributed by atoms with E-state index in [0.29, 0.717) is 5.69 Å². The van der Waals surface area contributed by atoms with Crippen molar-refractivity contribution >= 4 is 32.8 Å². The van der Waals surface area contributed by atoms with Gasteiger partial charge in [0.2, 0.25) is 0 Å². The largest absolute Gasteiger partial charge is 0.464 e. The molecule has 0 aliphatic carbocycles. The van der Waals surface area contributed by atoms with Gasteiger partial charge in [0.1, 0.15) is 5.69 Å². The van der Waals surface area contributed by atoms with Gasteiger partial charge in [-0.1, -0.05) is 6.07 Å². The third-order valence-corrected chi connectivity index (χ3v) is 2.89. The second-order valence-corrected chi connectivity index (χ2v) is 4.36. The van der Waals surface area contributed by atoms with Gasteiger partial charge in [-0.15, -0.1) is 0 Å². The molecular weight excluding hydrogens is 270 g/mol. The lowest BCUT2D eigenvalue weighted by Gasteiger charge is -2.04. The fourth-order valence-corrected chi connectivity index (χ4v) is 2.23. The molecule has 0 saturated carbocycles. The molecule has 1 heterocycles. The standard InChI is InChI=1S/C12H10BrNO2/c1-7-5-8-3-4-10(12(15)16-2)14-11(8)9(13)6-7/h3-6H,1-2H3. The Kier molecular flexibility index (Phi) is 2.92. The predicted molar refractivity (Wildman–Crippen MR) is 65.5 cm³/mol. The Hall–Kier alpha value is -1.42. The first-order valence-corrected chi connectivity index (χ1v) is 5.56. The normalized spacial score (nSPS) is 10.4. The lowest BCUT2D eigenvalue weighted by Crippen LogP contribution is -2.04. The summed E-state index contributed by atoms with van der Waals surface area (Å²) in [6.07, 6.45) is 0. The van der Waals surface area contributed by atoms with Crippen LogP contribution in [0, 0.1) is 6.92 Å². The Morgan fingerprint density at radius 3 is 2.81 bits per heavy atom. The molecule has 0 aliphatic heterocycles. The summed E-state index contributed by atoms with van der Waals surface area (Å²) in [4.78, 5) is 15.6. The van der Waals surface area contributed by atoms with Gasteiger partial charge < -0.3 is 4.74 Å². The molecule has 1 aromatic heterocycles. The number of esters is 1. The van der Waals surface area contributed by atoms with Gasteiger partial charge in [0, 0.05) is 9.86 Å². The van der Waals surface area contributed by atoms with E-state index < -0.39 is 5.97 Å². The van der Waals surface area contributed by atoms with Crippen LogP contribution in [0.2, 0.25) is 0 Å². The molecule has 4 heteroatoms. The summed E-state index contributed by atoms with van der Waals surface area (Å²) < 4.78 is 5.51. The van der Waals surface area contributed by atoms with E-state index in [-0.39, 0.29) is 0 Å². The summed E-state index contributed by atoms with van der Waals surface area (Å²) in [5, 5.41) is 1.000. The SMILES string of the molecule is COC(=O)c1ccc2cc(C)cc(Br)c2n1. The third kappa shape index (κ3) is 1.93. The number of carbonyl (C=O) groups is 1. The zero-order valence-corrected chi connectivity index (χ0v) is 10.5. The maximum atomic E-state index is 11.3. The second-order valence-electron chi connectivity index (χ2n) is 3.51. The molecule has 2 rings (SSSR count). The number of halogens is 1. The number of ether oxygens (including phenoxy) is 1. The zero-order valence-electron chi connectivity index (χ0n) is 8.95. The highest BCUT2D eigenvalue weighted by Crippen LogP contribution is 2.24. The number of fused-ring (bicyclic) bond motifs is 1. The smallest absolute Gasteiger partial charge is 0.356 e. The van der Waals surface area contributed by atoms with Crippen LogP contribution >= 0.6 is 15.9 Å². The van der Waals surface area contributed by atoms with Crippen LogP contribution in [0.15, 0.2) is 28.7 Å². The van der Waals surface area contributed by atoms with Crippen molar-refractivity contribution in [1.82, 2.24) is 4.98 Å². The van der Waals surface area contributed by atoms with Crippen LogP contribution in [0.1, 0.15) is 16.1 Å². The Bertz CT molecular complexity index is 566. The van der Waals surface area contributed by atoms with Crippen molar-refractivity contribution in [3.05, 3.63) is 40.0 Å². The molecule has 0 fully saturated rings. The van der Waals surface area contributed by atoms with Crippen molar-refractivity contribution in [2.75, 3.05) is 7.11 Å². The minimum absolute atomic E-state index is 0.319. The van der Waals surface area contributed by atoms with E-state index in [1.54, 1.807) is 6.07 Å². The fraction of sp³-hybridized carbons (Fsp3) is 0.167. The lowest BCUT2D eigenvalue weighted by molar-refractivity contribution is 0.0594. The van der Waals surface area contributed by atoms with Crippen molar-refractivity contribution in [3.8, 4) is 0 Å². The lowest BCUT2D eigenvalue weighted by atomic mass is 10.1. The molecule has 1 aromatic carbocycles. The van der Waals surface area contributed by atoms with E-state index in [1.165, 1.54) is 7.11 Å². The average molecular weight is 280 g/mol. The summed E-state index contributed by atoms with van der Waals surface area (Å²) in [5.41, 5.74) is 2.24. The van der Waals surface area contributed by atoms with Gasteiger partial charge in [-0.2, -0.15) is 0 Å². The third-order valence-electron chi connectivity index (χ3n) is 2.28. The number of rotatable bonds is 1. The molecule has 0 radical (unpaired) electrons. The molecule has 2 aromatic rings. The summed E-state index contributed by atoms with van der Waals surface area (Å²) in [5.74, 6) is -0.422. The minimum Gasteiger partial charge on any atom is -0.464 e. The first kappa shape index (κ1) is 11.1.